The first-order valence-corrected chi connectivity index (χ1v) is 6.99. The molecule has 0 aliphatic carbocycles. The lowest BCUT2D eigenvalue weighted by atomic mass is 10.3. The SMILES string of the molecule is CN1CCSC1=NC(=O)Nc1c(Cl)cccc1Cl. The summed E-state index contributed by atoms with van der Waals surface area (Å²) in [7, 11) is 1.90. The van der Waals surface area contributed by atoms with Crippen LogP contribution in [0.5, 0.6) is 0 Å². The van der Waals surface area contributed by atoms with Crippen LogP contribution in [0, 0.1) is 0 Å². The highest BCUT2D eigenvalue weighted by atomic mass is 35.5. The summed E-state index contributed by atoms with van der Waals surface area (Å²) >= 11 is 13.5. The summed E-state index contributed by atoms with van der Waals surface area (Å²) in [5.74, 6) is 0.940. The summed E-state index contributed by atoms with van der Waals surface area (Å²) in [6.07, 6.45) is 0. The van der Waals surface area contributed by atoms with Crippen molar-refractivity contribution in [1.82, 2.24) is 4.90 Å². The van der Waals surface area contributed by atoms with Gasteiger partial charge in [-0.15, -0.1) is 0 Å². The quantitative estimate of drug-likeness (QED) is 0.863. The summed E-state index contributed by atoms with van der Waals surface area (Å²) < 4.78 is 0. The lowest BCUT2D eigenvalue weighted by Gasteiger charge is -2.10. The fourth-order valence-corrected chi connectivity index (χ4v) is 2.94. The van der Waals surface area contributed by atoms with Gasteiger partial charge in [-0.05, 0) is 12.1 Å². The van der Waals surface area contributed by atoms with E-state index in [-0.39, 0.29) is 0 Å². The average Bonchev–Trinajstić information content (AvgIpc) is 2.70. The van der Waals surface area contributed by atoms with Crippen molar-refractivity contribution in [1.29, 1.82) is 0 Å². The maximum atomic E-state index is 11.8. The van der Waals surface area contributed by atoms with Gasteiger partial charge in [0.25, 0.3) is 0 Å². The molecule has 1 saturated heterocycles. The number of thioether (sulfide) groups is 1. The summed E-state index contributed by atoms with van der Waals surface area (Å²) in [6, 6.07) is 4.56. The van der Waals surface area contributed by atoms with Crippen LogP contribution in [0.3, 0.4) is 0 Å². The van der Waals surface area contributed by atoms with Crippen molar-refractivity contribution < 1.29 is 4.79 Å². The number of urea groups is 1. The summed E-state index contributed by atoms with van der Waals surface area (Å²) in [6.45, 7) is 0.892. The second-order valence-electron chi connectivity index (χ2n) is 3.69. The third-order valence-electron chi connectivity index (χ3n) is 2.38. The molecule has 0 spiro atoms. The molecule has 1 aliphatic heterocycles. The van der Waals surface area contributed by atoms with Gasteiger partial charge in [-0.25, -0.2) is 4.79 Å². The third kappa shape index (κ3) is 3.10. The number of hydrogen-bond donors (Lipinski definition) is 1. The van der Waals surface area contributed by atoms with Crippen LogP contribution in [-0.2, 0) is 0 Å². The number of carbonyl (C=O) groups is 1. The van der Waals surface area contributed by atoms with E-state index in [1.807, 2.05) is 11.9 Å². The van der Waals surface area contributed by atoms with E-state index in [4.69, 9.17) is 23.2 Å². The van der Waals surface area contributed by atoms with Crippen LogP contribution in [0.1, 0.15) is 0 Å². The first kappa shape index (κ1) is 13.5. The van der Waals surface area contributed by atoms with Crippen molar-refractivity contribution in [2.24, 2.45) is 4.99 Å². The van der Waals surface area contributed by atoms with Gasteiger partial charge in [-0.1, -0.05) is 41.0 Å². The number of nitrogens with zero attached hydrogens (tertiary/aromatic N) is 2. The molecule has 96 valence electrons. The maximum absolute atomic E-state index is 11.8. The Bertz CT molecular complexity index is 487. The zero-order valence-electron chi connectivity index (χ0n) is 9.61. The lowest BCUT2D eigenvalue weighted by molar-refractivity contribution is 0.259. The molecule has 1 heterocycles. The molecule has 0 radical (unpaired) electrons. The Balaban J connectivity index is 2.12. The van der Waals surface area contributed by atoms with E-state index in [2.05, 4.69) is 10.3 Å². The van der Waals surface area contributed by atoms with Crippen LogP contribution in [0.4, 0.5) is 10.5 Å². The van der Waals surface area contributed by atoms with Crippen LogP contribution >= 0.6 is 35.0 Å². The molecule has 1 N–H and O–H groups in total. The average molecular weight is 304 g/mol. The summed E-state index contributed by atoms with van der Waals surface area (Å²) in [4.78, 5) is 17.7. The second-order valence-corrected chi connectivity index (χ2v) is 5.57. The first-order chi connectivity index (χ1) is 8.58. The lowest BCUT2D eigenvalue weighted by Crippen LogP contribution is -2.20. The molecule has 1 aliphatic rings. The zero-order chi connectivity index (χ0) is 13.1. The van der Waals surface area contributed by atoms with E-state index >= 15 is 0 Å². The normalized spacial score (nSPS) is 17.3. The standard InChI is InChI=1S/C11H11Cl2N3OS/c1-16-5-6-18-11(16)15-10(17)14-9-7(12)3-2-4-8(9)13/h2-4H,5-6H2,1H3,(H,14,17). The van der Waals surface area contributed by atoms with Gasteiger partial charge in [-0.2, -0.15) is 4.99 Å². The van der Waals surface area contributed by atoms with Gasteiger partial charge in [0.2, 0.25) is 0 Å². The molecule has 0 aromatic heterocycles. The molecule has 0 unspecified atom stereocenters. The van der Waals surface area contributed by atoms with Crippen LogP contribution in [0.15, 0.2) is 23.2 Å². The van der Waals surface area contributed by atoms with Crippen molar-refractivity contribution in [3.8, 4) is 0 Å². The number of hydrogen-bond acceptors (Lipinski definition) is 2. The Kier molecular flexibility index (Phi) is 4.37. The number of rotatable bonds is 1. The Hall–Kier alpha value is -0.910. The fraction of sp³-hybridized carbons (Fsp3) is 0.273. The van der Waals surface area contributed by atoms with Crippen LogP contribution in [0.2, 0.25) is 10.0 Å². The number of nitrogens with one attached hydrogen (secondary N) is 1. The number of carbonyl (C=O) groups excluding carboxylic acids is 1. The van der Waals surface area contributed by atoms with E-state index in [9.17, 15) is 4.79 Å². The molecule has 1 aromatic carbocycles. The summed E-state index contributed by atoms with van der Waals surface area (Å²) in [5, 5.41) is 4.08. The zero-order valence-corrected chi connectivity index (χ0v) is 11.9. The monoisotopic (exact) mass is 303 g/mol. The van der Waals surface area contributed by atoms with Crippen LogP contribution in [0.25, 0.3) is 0 Å². The van der Waals surface area contributed by atoms with Crippen molar-refractivity contribution in [2.45, 2.75) is 0 Å². The van der Waals surface area contributed by atoms with Gasteiger partial charge in [0.15, 0.2) is 5.17 Å². The molecule has 1 fully saturated rings. The Morgan fingerprint density at radius 2 is 2.11 bits per heavy atom. The molecule has 18 heavy (non-hydrogen) atoms. The first-order valence-electron chi connectivity index (χ1n) is 5.25. The van der Waals surface area contributed by atoms with Crippen LogP contribution in [-0.4, -0.2) is 35.4 Å². The predicted octanol–water partition coefficient (Wildman–Crippen LogP) is 3.56. The topological polar surface area (TPSA) is 44.7 Å². The predicted molar refractivity (Wildman–Crippen MR) is 78.0 cm³/mol. The van der Waals surface area contributed by atoms with E-state index in [0.29, 0.717) is 20.9 Å². The minimum absolute atomic E-state index is 0.390. The molecule has 4 nitrogen and oxygen atoms in total. The van der Waals surface area contributed by atoms with Gasteiger partial charge in [0.1, 0.15) is 0 Å². The van der Waals surface area contributed by atoms with Gasteiger partial charge in [0.05, 0.1) is 15.7 Å². The summed E-state index contributed by atoms with van der Waals surface area (Å²) in [5.41, 5.74) is 0.390. The fourth-order valence-electron chi connectivity index (χ4n) is 1.44. The molecule has 2 amide bonds. The maximum Gasteiger partial charge on any atom is 0.347 e. The Labute approximate surface area is 119 Å². The number of benzene rings is 1. The molecule has 7 heteroatoms. The van der Waals surface area contributed by atoms with Crippen molar-refractivity contribution in [2.75, 3.05) is 24.7 Å². The second kappa shape index (κ2) is 5.82. The number of aliphatic imine (C=N–C) groups is 1. The van der Waals surface area contributed by atoms with Crippen LogP contribution < -0.4 is 5.32 Å². The highest BCUT2D eigenvalue weighted by Crippen LogP contribution is 2.30. The van der Waals surface area contributed by atoms with Gasteiger partial charge in [0, 0.05) is 19.3 Å². The van der Waals surface area contributed by atoms with Crippen molar-refractivity contribution in [3.05, 3.63) is 28.2 Å². The molecule has 1 aromatic rings. The van der Waals surface area contributed by atoms with Gasteiger partial charge >= 0.3 is 6.03 Å². The number of amides is 2. The van der Waals surface area contributed by atoms with E-state index in [1.54, 1.807) is 30.0 Å². The molecular formula is C11H11Cl2N3OS. The van der Waals surface area contributed by atoms with Crippen molar-refractivity contribution in [3.63, 3.8) is 0 Å². The van der Waals surface area contributed by atoms with Gasteiger partial charge < -0.3 is 10.2 Å². The minimum Gasteiger partial charge on any atom is -0.353 e. The molecule has 2 rings (SSSR count). The molecule has 0 bridgehead atoms. The minimum atomic E-state index is -0.471. The largest absolute Gasteiger partial charge is 0.353 e. The third-order valence-corrected chi connectivity index (χ3v) is 4.05. The van der Waals surface area contributed by atoms with Crippen molar-refractivity contribution >= 4 is 51.8 Å². The Morgan fingerprint density at radius 3 is 2.67 bits per heavy atom. The van der Waals surface area contributed by atoms with E-state index in [0.717, 1.165) is 12.3 Å². The van der Waals surface area contributed by atoms with Gasteiger partial charge in [-0.3, -0.25) is 0 Å². The van der Waals surface area contributed by atoms with E-state index in [1.165, 1.54) is 0 Å². The highest BCUT2D eigenvalue weighted by molar-refractivity contribution is 8.14. The molecule has 0 atom stereocenters. The number of anilines is 1. The molecular weight excluding hydrogens is 293 g/mol. The number of halogens is 2. The smallest absolute Gasteiger partial charge is 0.347 e. The number of para-hydroxylation sites is 1. The highest BCUT2D eigenvalue weighted by Gasteiger charge is 2.17. The molecule has 0 saturated carbocycles. The number of amidine groups is 1. The Morgan fingerprint density at radius 1 is 1.44 bits per heavy atom. The van der Waals surface area contributed by atoms with E-state index < -0.39 is 6.03 Å².